The van der Waals surface area contributed by atoms with E-state index in [9.17, 15) is 13.2 Å². The van der Waals surface area contributed by atoms with Crippen molar-refractivity contribution in [2.45, 2.75) is 56.9 Å². The standard InChI is InChI=1S/C27H36ClN3O4S/c1-20-8-7-11-25(21(20)2)29-14-16-30(17-15-29)27(32)19-31(22-9-5-4-6-10-22)36(33,34)23-12-13-26(35-3)24(28)18-23/h7-8,11-13,18,22H,4-6,9-10,14-17,19H2,1-3H3. The summed E-state index contributed by atoms with van der Waals surface area (Å²) >= 11 is 6.25. The van der Waals surface area contributed by atoms with Crippen LogP contribution < -0.4 is 9.64 Å². The van der Waals surface area contributed by atoms with Crippen molar-refractivity contribution in [1.29, 1.82) is 0 Å². The molecule has 2 aromatic carbocycles. The van der Waals surface area contributed by atoms with E-state index in [0.29, 0.717) is 18.8 Å². The van der Waals surface area contributed by atoms with Gasteiger partial charge in [-0.15, -0.1) is 0 Å². The largest absolute Gasteiger partial charge is 0.495 e. The molecule has 0 aromatic heterocycles. The number of hydrogen-bond acceptors (Lipinski definition) is 5. The molecular weight excluding hydrogens is 498 g/mol. The number of benzene rings is 2. The highest BCUT2D eigenvalue weighted by Gasteiger charge is 2.36. The number of sulfonamides is 1. The summed E-state index contributed by atoms with van der Waals surface area (Å²) in [6.45, 7) is 6.66. The zero-order chi connectivity index (χ0) is 25.9. The highest BCUT2D eigenvalue weighted by atomic mass is 35.5. The molecular formula is C27H36ClN3O4S. The van der Waals surface area contributed by atoms with E-state index in [-0.39, 0.29) is 28.4 Å². The van der Waals surface area contributed by atoms with E-state index in [1.807, 2.05) is 0 Å². The van der Waals surface area contributed by atoms with Gasteiger partial charge in [-0.25, -0.2) is 8.42 Å². The lowest BCUT2D eigenvalue weighted by Gasteiger charge is -2.39. The average Bonchev–Trinajstić information content (AvgIpc) is 2.89. The third-order valence-corrected chi connectivity index (χ3v) is 9.74. The van der Waals surface area contributed by atoms with Crippen molar-refractivity contribution >= 4 is 33.2 Å². The van der Waals surface area contributed by atoms with E-state index in [1.54, 1.807) is 11.0 Å². The summed E-state index contributed by atoms with van der Waals surface area (Å²) < 4.78 is 34.1. The Hall–Kier alpha value is -2.29. The number of hydrogen-bond donors (Lipinski definition) is 0. The number of carbonyl (C=O) groups excluding carboxylic acids is 1. The first-order valence-electron chi connectivity index (χ1n) is 12.7. The molecule has 0 spiro atoms. The minimum Gasteiger partial charge on any atom is -0.495 e. The Morgan fingerprint density at radius 2 is 1.75 bits per heavy atom. The molecule has 0 bridgehead atoms. The third kappa shape index (κ3) is 5.66. The number of rotatable bonds is 7. The summed E-state index contributed by atoms with van der Waals surface area (Å²) in [6.07, 6.45) is 4.53. The van der Waals surface area contributed by atoms with Gasteiger partial charge in [0.1, 0.15) is 5.75 Å². The van der Waals surface area contributed by atoms with E-state index in [4.69, 9.17) is 16.3 Å². The summed E-state index contributed by atoms with van der Waals surface area (Å²) in [4.78, 5) is 17.6. The number of nitrogens with zero attached hydrogens (tertiary/aromatic N) is 3. The fraction of sp³-hybridized carbons (Fsp3) is 0.519. The van der Waals surface area contributed by atoms with Gasteiger partial charge < -0.3 is 14.5 Å². The summed E-state index contributed by atoms with van der Waals surface area (Å²) in [7, 11) is -2.42. The molecule has 0 unspecified atom stereocenters. The van der Waals surface area contributed by atoms with Crippen LogP contribution in [0, 0.1) is 13.8 Å². The van der Waals surface area contributed by atoms with Gasteiger partial charge in [0.25, 0.3) is 0 Å². The molecule has 2 aromatic rings. The Labute approximate surface area is 220 Å². The maximum atomic E-state index is 13.8. The Kier molecular flexibility index (Phi) is 8.48. The quantitative estimate of drug-likeness (QED) is 0.518. The molecule has 2 fully saturated rings. The number of amides is 1. The van der Waals surface area contributed by atoms with E-state index in [0.717, 1.165) is 45.2 Å². The maximum absolute atomic E-state index is 13.8. The van der Waals surface area contributed by atoms with Crippen molar-refractivity contribution in [1.82, 2.24) is 9.21 Å². The minimum absolute atomic E-state index is 0.0893. The molecule has 36 heavy (non-hydrogen) atoms. The lowest BCUT2D eigenvalue weighted by Crippen LogP contribution is -2.53. The third-order valence-electron chi connectivity index (χ3n) is 7.55. The zero-order valence-electron chi connectivity index (χ0n) is 21.4. The van der Waals surface area contributed by atoms with Gasteiger partial charge in [-0.3, -0.25) is 4.79 Å². The predicted octanol–water partition coefficient (Wildman–Crippen LogP) is 4.64. The van der Waals surface area contributed by atoms with Gasteiger partial charge in [0.15, 0.2) is 0 Å². The van der Waals surface area contributed by atoms with Crippen molar-refractivity contribution < 1.29 is 17.9 Å². The van der Waals surface area contributed by atoms with Gasteiger partial charge in [-0.1, -0.05) is 43.0 Å². The van der Waals surface area contributed by atoms with Crippen LogP contribution >= 0.6 is 11.6 Å². The molecule has 7 nitrogen and oxygen atoms in total. The normalized spacial score (nSPS) is 17.5. The van der Waals surface area contributed by atoms with Gasteiger partial charge in [0.05, 0.1) is 23.6 Å². The summed E-state index contributed by atoms with van der Waals surface area (Å²) in [5.41, 5.74) is 3.70. The monoisotopic (exact) mass is 533 g/mol. The molecule has 1 saturated carbocycles. The average molecular weight is 534 g/mol. The number of piperazine rings is 1. The topological polar surface area (TPSA) is 70.2 Å². The van der Waals surface area contributed by atoms with Gasteiger partial charge in [0.2, 0.25) is 15.9 Å². The van der Waals surface area contributed by atoms with E-state index >= 15 is 0 Å². The van der Waals surface area contributed by atoms with Crippen LogP contribution in [0.4, 0.5) is 5.69 Å². The molecule has 9 heteroatoms. The van der Waals surface area contributed by atoms with E-state index < -0.39 is 10.0 Å². The molecule has 4 rings (SSSR count). The van der Waals surface area contributed by atoms with Crippen molar-refractivity contribution in [2.75, 3.05) is 44.7 Å². The van der Waals surface area contributed by atoms with Crippen LogP contribution in [0.2, 0.25) is 5.02 Å². The van der Waals surface area contributed by atoms with Crippen LogP contribution in [0.15, 0.2) is 41.3 Å². The van der Waals surface area contributed by atoms with Gasteiger partial charge in [0, 0.05) is 37.9 Å². The summed E-state index contributed by atoms with van der Waals surface area (Å²) in [6, 6.07) is 10.6. The highest BCUT2D eigenvalue weighted by Crippen LogP contribution is 2.32. The Morgan fingerprint density at radius 3 is 2.39 bits per heavy atom. The number of halogens is 1. The van der Waals surface area contributed by atoms with Crippen LogP contribution in [-0.2, 0) is 14.8 Å². The molecule has 0 radical (unpaired) electrons. The Morgan fingerprint density at radius 1 is 1.06 bits per heavy atom. The number of methoxy groups -OCH3 is 1. The minimum atomic E-state index is -3.91. The maximum Gasteiger partial charge on any atom is 0.243 e. The molecule has 1 amide bonds. The lowest BCUT2D eigenvalue weighted by molar-refractivity contribution is -0.132. The van der Waals surface area contributed by atoms with Crippen LogP contribution in [0.3, 0.4) is 0 Å². The van der Waals surface area contributed by atoms with Gasteiger partial charge in [-0.05, 0) is 62.1 Å². The predicted molar refractivity (Wildman–Crippen MR) is 143 cm³/mol. The molecule has 1 aliphatic heterocycles. The SMILES string of the molecule is COc1ccc(S(=O)(=O)N(CC(=O)N2CCN(c3cccc(C)c3C)CC2)C2CCCCC2)cc1Cl. The summed E-state index contributed by atoms with van der Waals surface area (Å²) in [5, 5.41) is 0.232. The molecule has 1 aliphatic carbocycles. The molecule has 2 aliphatic rings. The van der Waals surface area contributed by atoms with Crippen molar-refractivity contribution in [2.24, 2.45) is 0 Å². The van der Waals surface area contributed by atoms with Crippen LogP contribution in [0.1, 0.15) is 43.2 Å². The second-order valence-electron chi connectivity index (χ2n) is 9.73. The van der Waals surface area contributed by atoms with Crippen LogP contribution in [0.25, 0.3) is 0 Å². The summed E-state index contributed by atoms with van der Waals surface area (Å²) in [5.74, 6) is 0.266. The smallest absolute Gasteiger partial charge is 0.243 e. The van der Waals surface area contributed by atoms with Crippen molar-refractivity contribution in [3.05, 3.63) is 52.5 Å². The van der Waals surface area contributed by atoms with Crippen LogP contribution in [0.5, 0.6) is 5.75 Å². The van der Waals surface area contributed by atoms with Crippen molar-refractivity contribution in [3.8, 4) is 5.75 Å². The molecule has 1 heterocycles. The Balaban J connectivity index is 1.50. The molecule has 196 valence electrons. The number of carbonyl (C=O) groups is 1. The lowest BCUT2D eigenvalue weighted by atomic mass is 9.95. The van der Waals surface area contributed by atoms with Crippen LogP contribution in [-0.4, -0.2) is 69.4 Å². The fourth-order valence-corrected chi connectivity index (χ4v) is 7.21. The van der Waals surface area contributed by atoms with E-state index in [2.05, 4.69) is 36.9 Å². The fourth-order valence-electron chi connectivity index (χ4n) is 5.23. The van der Waals surface area contributed by atoms with Gasteiger partial charge in [-0.2, -0.15) is 4.31 Å². The molecule has 0 N–H and O–H groups in total. The first-order chi connectivity index (χ1) is 17.2. The number of anilines is 1. The van der Waals surface area contributed by atoms with E-state index in [1.165, 1.54) is 40.4 Å². The van der Waals surface area contributed by atoms with Gasteiger partial charge >= 0.3 is 0 Å². The first kappa shape index (κ1) is 26.8. The zero-order valence-corrected chi connectivity index (χ0v) is 22.9. The Bertz CT molecular complexity index is 1190. The number of aryl methyl sites for hydroxylation is 1. The highest BCUT2D eigenvalue weighted by molar-refractivity contribution is 7.89. The number of ether oxygens (including phenoxy) is 1. The second-order valence-corrected chi connectivity index (χ2v) is 12.0. The molecule has 0 atom stereocenters. The van der Waals surface area contributed by atoms with Crippen molar-refractivity contribution in [3.63, 3.8) is 0 Å². The molecule has 1 saturated heterocycles. The second kappa shape index (κ2) is 11.4. The first-order valence-corrected chi connectivity index (χ1v) is 14.5.